The van der Waals surface area contributed by atoms with Crippen LogP contribution in [0.5, 0.6) is 0 Å². The van der Waals surface area contributed by atoms with E-state index in [2.05, 4.69) is 20.6 Å². The van der Waals surface area contributed by atoms with Gasteiger partial charge in [-0.2, -0.15) is 13.2 Å². The number of hydrogen-bond donors (Lipinski definition) is 2. The van der Waals surface area contributed by atoms with E-state index in [1.54, 1.807) is 11.3 Å². The van der Waals surface area contributed by atoms with Gasteiger partial charge >= 0.3 is 12.2 Å². The molecule has 2 aromatic heterocycles. The van der Waals surface area contributed by atoms with Gasteiger partial charge in [-0.05, 0) is 50.7 Å². The maximum atomic E-state index is 12.7. The summed E-state index contributed by atoms with van der Waals surface area (Å²) in [6, 6.07) is 2.19. The fraction of sp³-hybridized carbons (Fsp3) is 0.526. The van der Waals surface area contributed by atoms with Crippen molar-refractivity contribution in [1.82, 2.24) is 15.3 Å². The molecule has 10 heteroatoms. The molecule has 2 N–H and O–H groups in total. The molecule has 6 nitrogen and oxygen atoms in total. The van der Waals surface area contributed by atoms with Crippen molar-refractivity contribution in [3.8, 4) is 0 Å². The van der Waals surface area contributed by atoms with Crippen molar-refractivity contribution in [3.63, 3.8) is 0 Å². The summed E-state index contributed by atoms with van der Waals surface area (Å²) in [7, 11) is 0. The summed E-state index contributed by atoms with van der Waals surface area (Å²) in [4.78, 5) is 23.9. The predicted octanol–water partition coefficient (Wildman–Crippen LogP) is 4.23. The Morgan fingerprint density at radius 1 is 1.17 bits per heavy atom. The van der Waals surface area contributed by atoms with Crippen LogP contribution in [0.1, 0.15) is 41.8 Å². The molecule has 0 spiro atoms. The van der Waals surface area contributed by atoms with Crippen molar-refractivity contribution < 1.29 is 18.0 Å². The minimum atomic E-state index is -4.38. The molecule has 0 atom stereocenters. The van der Waals surface area contributed by atoms with Crippen LogP contribution >= 0.6 is 11.3 Å². The van der Waals surface area contributed by atoms with Crippen LogP contribution in [-0.4, -0.2) is 35.1 Å². The van der Waals surface area contributed by atoms with Gasteiger partial charge in [0.25, 0.3) is 0 Å². The van der Waals surface area contributed by atoms with Gasteiger partial charge in [-0.15, -0.1) is 11.3 Å². The summed E-state index contributed by atoms with van der Waals surface area (Å²) in [5.74, 6) is 0.522. The first-order chi connectivity index (χ1) is 13.9. The highest BCUT2D eigenvalue weighted by Crippen LogP contribution is 2.30. The lowest BCUT2D eigenvalue weighted by atomic mass is 10.0. The fourth-order valence-electron chi connectivity index (χ4n) is 3.72. The number of pyridine rings is 1. The van der Waals surface area contributed by atoms with Gasteiger partial charge in [-0.25, -0.2) is 14.8 Å². The molecule has 0 unspecified atom stereocenters. The van der Waals surface area contributed by atoms with Crippen LogP contribution in [0.3, 0.4) is 0 Å². The second-order valence-electron chi connectivity index (χ2n) is 7.36. The van der Waals surface area contributed by atoms with E-state index in [0.717, 1.165) is 37.2 Å². The molecule has 0 saturated carbocycles. The van der Waals surface area contributed by atoms with E-state index in [-0.39, 0.29) is 12.1 Å². The van der Waals surface area contributed by atoms with Crippen LogP contribution < -0.4 is 15.5 Å². The molecule has 1 aliphatic carbocycles. The van der Waals surface area contributed by atoms with Gasteiger partial charge in [0.15, 0.2) is 5.13 Å². The Bertz CT molecular complexity index is 836. The molecule has 156 valence electrons. The molecular weight excluding hydrogens is 403 g/mol. The lowest BCUT2D eigenvalue weighted by Gasteiger charge is -2.33. The molecule has 2 aromatic rings. The summed E-state index contributed by atoms with van der Waals surface area (Å²) in [6.07, 6.45) is 2.21. The Kier molecular flexibility index (Phi) is 5.62. The number of nitrogens with zero attached hydrogens (tertiary/aromatic N) is 3. The Hall–Kier alpha value is -2.36. The topological polar surface area (TPSA) is 70.2 Å². The Morgan fingerprint density at radius 2 is 1.93 bits per heavy atom. The molecule has 1 aliphatic heterocycles. The maximum Gasteiger partial charge on any atom is 0.417 e. The lowest BCUT2D eigenvalue weighted by molar-refractivity contribution is -0.137. The van der Waals surface area contributed by atoms with Gasteiger partial charge in [0, 0.05) is 30.2 Å². The molecule has 0 aromatic carbocycles. The van der Waals surface area contributed by atoms with Crippen molar-refractivity contribution in [2.75, 3.05) is 23.3 Å². The van der Waals surface area contributed by atoms with Gasteiger partial charge in [0.2, 0.25) is 0 Å². The average molecular weight is 425 g/mol. The smallest absolute Gasteiger partial charge is 0.356 e. The van der Waals surface area contributed by atoms with E-state index >= 15 is 0 Å². The average Bonchev–Trinajstić information content (AvgIpc) is 3.10. The zero-order valence-electron chi connectivity index (χ0n) is 15.8. The molecular formula is C19H22F3N5OS. The first-order valence-electron chi connectivity index (χ1n) is 9.73. The van der Waals surface area contributed by atoms with Crippen LogP contribution in [0, 0.1) is 0 Å². The minimum absolute atomic E-state index is 0.00952. The number of alkyl halides is 3. The first kappa shape index (κ1) is 19.9. The minimum Gasteiger partial charge on any atom is -0.356 e. The van der Waals surface area contributed by atoms with E-state index < -0.39 is 11.7 Å². The monoisotopic (exact) mass is 425 g/mol. The highest BCUT2D eigenvalue weighted by atomic mass is 32.1. The molecule has 1 saturated heterocycles. The Morgan fingerprint density at radius 3 is 2.59 bits per heavy atom. The third-order valence-corrected chi connectivity index (χ3v) is 6.37. The normalized spacial score (nSPS) is 17.7. The Labute approximate surface area is 170 Å². The summed E-state index contributed by atoms with van der Waals surface area (Å²) in [5.41, 5.74) is 0.354. The number of amides is 2. The third kappa shape index (κ3) is 4.80. The number of rotatable bonds is 3. The van der Waals surface area contributed by atoms with Gasteiger partial charge in [0.05, 0.1) is 11.3 Å². The third-order valence-electron chi connectivity index (χ3n) is 5.30. The number of piperidine rings is 1. The zero-order valence-corrected chi connectivity index (χ0v) is 16.6. The molecule has 4 rings (SSSR count). The first-order valence-corrected chi connectivity index (χ1v) is 10.5. The maximum absolute atomic E-state index is 12.7. The zero-order chi connectivity index (χ0) is 20.4. The number of aromatic nitrogens is 2. The van der Waals surface area contributed by atoms with Crippen LogP contribution in [0.4, 0.5) is 28.9 Å². The number of hydrogen-bond acceptors (Lipinski definition) is 5. The number of carbonyl (C=O) groups excluding carboxylic acids is 1. The van der Waals surface area contributed by atoms with Gasteiger partial charge in [0.1, 0.15) is 5.82 Å². The highest BCUT2D eigenvalue weighted by Gasteiger charge is 2.31. The van der Waals surface area contributed by atoms with Crippen molar-refractivity contribution in [3.05, 3.63) is 34.5 Å². The number of fused-ring (bicyclic) bond motifs is 1. The van der Waals surface area contributed by atoms with E-state index in [1.165, 1.54) is 17.4 Å². The van der Waals surface area contributed by atoms with E-state index in [1.807, 2.05) is 4.90 Å². The molecule has 3 heterocycles. The largest absolute Gasteiger partial charge is 0.417 e. The summed E-state index contributed by atoms with van der Waals surface area (Å²) >= 11 is 1.55. The number of urea groups is 1. The molecule has 29 heavy (non-hydrogen) atoms. The van der Waals surface area contributed by atoms with Crippen LogP contribution in [0.15, 0.2) is 18.3 Å². The molecule has 2 amide bonds. The van der Waals surface area contributed by atoms with Crippen LogP contribution in [-0.2, 0) is 19.0 Å². The summed E-state index contributed by atoms with van der Waals surface area (Å²) in [5, 5.41) is 6.44. The lowest BCUT2D eigenvalue weighted by Crippen LogP contribution is -2.46. The molecule has 0 bridgehead atoms. The summed E-state index contributed by atoms with van der Waals surface area (Å²) in [6.45, 7) is 1.24. The molecule has 2 aliphatic rings. The van der Waals surface area contributed by atoms with Crippen LogP contribution in [0.2, 0.25) is 0 Å². The Balaban J connectivity index is 1.26. The van der Waals surface area contributed by atoms with Gasteiger partial charge in [-0.1, -0.05) is 0 Å². The standard InChI is InChI=1S/C19H22F3N5OS/c20-19(21,22)12-5-6-16(23-11-12)27-9-7-13(8-10-27)24-17(28)26-18-25-14-3-1-2-4-15(14)29-18/h5-6,11,13H,1-4,7-10H2,(H2,24,25,26,28). The molecule has 1 fully saturated rings. The van der Waals surface area contributed by atoms with Crippen molar-refractivity contribution in [2.45, 2.75) is 50.7 Å². The quantitative estimate of drug-likeness (QED) is 0.772. The highest BCUT2D eigenvalue weighted by molar-refractivity contribution is 7.15. The van der Waals surface area contributed by atoms with Crippen molar-refractivity contribution in [2.24, 2.45) is 0 Å². The molecule has 0 radical (unpaired) electrons. The number of anilines is 2. The number of halogens is 3. The van der Waals surface area contributed by atoms with Gasteiger partial charge < -0.3 is 10.2 Å². The van der Waals surface area contributed by atoms with Crippen molar-refractivity contribution >= 4 is 28.3 Å². The summed E-state index contributed by atoms with van der Waals surface area (Å²) < 4.78 is 38.0. The number of nitrogens with one attached hydrogen (secondary N) is 2. The number of thiazole rings is 1. The SMILES string of the molecule is O=C(Nc1nc2c(s1)CCCC2)NC1CCN(c2ccc(C(F)(F)F)cn2)CC1. The predicted molar refractivity (Wildman–Crippen MR) is 105 cm³/mol. The fourth-order valence-corrected chi connectivity index (χ4v) is 4.76. The van der Waals surface area contributed by atoms with Crippen LogP contribution in [0.25, 0.3) is 0 Å². The number of aryl methyl sites for hydroxylation is 2. The van der Waals surface area contributed by atoms with E-state index in [9.17, 15) is 18.0 Å². The second kappa shape index (κ2) is 8.17. The van der Waals surface area contributed by atoms with E-state index in [0.29, 0.717) is 36.9 Å². The van der Waals surface area contributed by atoms with Crippen molar-refractivity contribution in [1.29, 1.82) is 0 Å². The van der Waals surface area contributed by atoms with Gasteiger partial charge in [-0.3, -0.25) is 5.32 Å². The number of carbonyl (C=O) groups is 1. The second-order valence-corrected chi connectivity index (χ2v) is 8.44. The van der Waals surface area contributed by atoms with E-state index in [4.69, 9.17) is 0 Å².